The van der Waals surface area contributed by atoms with E-state index in [1.807, 2.05) is 37.1 Å². The minimum atomic E-state index is -0.185. The van der Waals surface area contributed by atoms with Gasteiger partial charge in [-0.25, -0.2) is 14.8 Å². The van der Waals surface area contributed by atoms with Crippen molar-refractivity contribution in [3.8, 4) is 0 Å². The monoisotopic (exact) mass is 462 g/mol. The number of rotatable bonds is 5. The molecule has 4 rings (SSSR count). The molecule has 1 aromatic carbocycles. The number of aromatic nitrogens is 2. The Labute approximate surface area is 192 Å². The summed E-state index contributed by atoms with van der Waals surface area (Å²) in [4.78, 5) is 24.1. The fraction of sp³-hybridized carbons (Fsp3) is 0.500. The molecule has 3 N–H and O–H groups in total. The van der Waals surface area contributed by atoms with Crippen LogP contribution in [-0.4, -0.2) is 46.1 Å². The van der Waals surface area contributed by atoms with Gasteiger partial charge in [-0.3, -0.25) is 0 Å². The third-order valence-electron chi connectivity index (χ3n) is 5.73. The maximum atomic E-state index is 13.2. The molecule has 1 aromatic heterocycles. The van der Waals surface area contributed by atoms with E-state index in [0.29, 0.717) is 29.1 Å². The number of fused-ring (bicyclic) bond motifs is 1. The summed E-state index contributed by atoms with van der Waals surface area (Å²) in [6.45, 7) is 6.12. The zero-order valence-corrected chi connectivity index (χ0v) is 19.3. The van der Waals surface area contributed by atoms with Gasteiger partial charge in [-0.1, -0.05) is 29.3 Å². The summed E-state index contributed by atoms with van der Waals surface area (Å²) in [7, 11) is 0. The quantitative estimate of drug-likeness (QED) is 0.620. The van der Waals surface area contributed by atoms with E-state index in [4.69, 9.17) is 23.2 Å². The molecule has 9 heteroatoms. The molecule has 2 aliphatic heterocycles. The number of benzene rings is 1. The number of carbonyl (C=O) groups is 1. The van der Waals surface area contributed by atoms with E-state index in [0.717, 1.165) is 42.6 Å². The fourth-order valence-electron chi connectivity index (χ4n) is 4.15. The summed E-state index contributed by atoms with van der Waals surface area (Å²) >= 11 is 12.4. The molecule has 2 atom stereocenters. The standard InChI is InChI=1S/C22H28Cl2N6O/c1-13(2)27-21-26-11-15-7-9-30(12-19(15)28-21)22(31)29-20(18-4-3-8-25-18)14-5-6-16(23)17(24)10-14/h5-6,10-11,13,18,20,25H,3-4,7-9,12H2,1-2H3,(H,29,31)(H,26,27,28)/t18-,20+/m1/s1. The highest BCUT2D eigenvalue weighted by Crippen LogP contribution is 2.30. The first kappa shape index (κ1) is 22.1. The van der Waals surface area contributed by atoms with Gasteiger partial charge >= 0.3 is 6.03 Å². The number of halogens is 2. The first-order chi connectivity index (χ1) is 14.9. The largest absolute Gasteiger partial charge is 0.352 e. The van der Waals surface area contributed by atoms with E-state index in [9.17, 15) is 4.79 Å². The average Bonchev–Trinajstić information content (AvgIpc) is 3.27. The van der Waals surface area contributed by atoms with Gasteiger partial charge in [0.1, 0.15) is 0 Å². The summed E-state index contributed by atoms with van der Waals surface area (Å²) in [5.74, 6) is 0.597. The molecule has 0 bridgehead atoms. The van der Waals surface area contributed by atoms with Gasteiger partial charge < -0.3 is 20.9 Å². The summed E-state index contributed by atoms with van der Waals surface area (Å²) in [5.41, 5.74) is 2.94. The molecule has 1 saturated heterocycles. The Morgan fingerprint density at radius 3 is 2.84 bits per heavy atom. The molecule has 31 heavy (non-hydrogen) atoms. The topological polar surface area (TPSA) is 82.2 Å². The Morgan fingerprint density at radius 2 is 2.13 bits per heavy atom. The van der Waals surface area contributed by atoms with Crippen molar-refractivity contribution < 1.29 is 4.79 Å². The molecule has 0 aliphatic carbocycles. The molecule has 0 spiro atoms. The molecule has 0 saturated carbocycles. The number of urea groups is 1. The van der Waals surface area contributed by atoms with E-state index < -0.39 is 0 Å². The first-order valence-electron chi connectivity index (χ1n) is 10.8. The molecular weight excluding hydrogens is 435 g/mol. The van der Waals surface area contributed by atoms with E-state index in [-0.39, 0.29) is 24.2 Å². The van der Waals surface area contributed by atoms with Gasteiger partial charge in [0.15, 0.2) is 0 Å². The van der Waals surface area contributed by atoms with Crippen LogP contribution in [0.1, 0.15) is 49.6 Å². The minimum Gasteiger partial charge on any atom is -0.352 e. The lowest BCUT2D eigenvalue weighted by Crippen LogP contribution is -2.48. The number of nitrogens with zero attached hydrogens (tertiary/aromatic N) is 3. The lowest BCUT2D eigenvalue weighted by Gasteiger charge is -2.32. The number of hydrogen-bond acceptors (Lipinski definition) is 5. The maximum absolute atomic E-state index is 13.2. The van der Waals surface area contributed by atoms with Crippen LogP contribution >= 0.6 is 23.2 Å². The Hall–Kier alpha value is -2.09. The molecule has 3 heterocycles. The second-order valence-electron chi connectivity index (χ2n) is 8.44. The van der Waals surface area contributed by atoms with Crippen LogP contribution in [0.25, 0.3) is 0 Å². The summed E-state index contributed by atoms with van der Waals surface area (Å²) in [5, 5.41) is 11.0. The SMILES string of the molecule is CC(C)Nc1ncc2c(n1)CN(C(=O)N[C@@H](c1ccc(Cl)c(Cl)c1)[C@H]1CCCN1)CC2. The van der Waals surface area contributed by atoms with Gasteiger partial charge in [0.25, 0.3) is 0 Å². The second-order valence-corrected chi connectivity index (χ2v) is 9.25. The lowest BCUT2D eigenvalue weighted by molar-refractivity contribution is 0.184. The van der Waals surface area contributed by atoms with Crippen molar-refractivity contribution >= 4 is 35.2 Å². The first-order valence-corrected chi connectivity index (χ1v) is 11.5. The van der Waals surface area contributed by atoms with Crippen molar-refractivity contribution in [2.24, 2.45) is 0 Å². The van der Waals surface area contributed by atoms with Crippen molar-refractivity contribution in [1.29, 1.82) is 0 Å². The van der Waals surface area contributed by atoms with E-state index in [1.54, 1.807) is 6.07 Å². The van der Waals surface area contributed by atoms with Gasteiger partial charge in [-0.15, -0.1) is 0 Å². The van der Waals surface area contributed by atoms with Crippen LogP contribution in [0, 0.1) is 0 Å². The Bertz CT molecular complexity index is 948. The summed E-state index contributed by atoms with van der Waals surface area (Å²) in [6.07, 6.45) is 4.68. The van der Waals surface area contributed by atoms with Crippen molar-refractivity contribution in [1.82, 2.24) is 25.5 Å². The molecular formula is C22H28Cl2N6O. The van der Waals surface area contributed by atoms with Crippen LogP contribution in [0.3, 0.4) is 0 Å². The van der Waals surface area contributed by atoms with Crippen LogP contribution < -0.4 is 16.0 Å². The zero-order chi connectivity index (χ0) is 22.0. The molecule has 0 radical (unpaired) electrons. The minimum absolute atomic E-state index is 0.104. The number of amides is 2. The fourth-order valence-corrected chi connectivity index (χ4v) is 4.45. The molecule has 2 aliphatic rings. The molecule has 2 amide bonds. The third kappa shape index (κ3) is 5.22. The summed E-state index contributed by atoms with van der Waals surface area (Å²) in [6, 6.07) is 5.67. The summed E-state index contributed by atoms with van der Waals surface area (Å²) < 4.78 is 0. The highest BCUT2D eigenvalue weighted by atomic mass is 35.5. The highest BCUT2D eigenvalue weighted by molar-refractivity contribution is 6.42. The maximum Gasteiger partial charge on any atom is 0.318 e. The van der Waals surface area contributed by atoms with E-state index in [2.05, 4.69) is 25.9 Å². The molecule has 0 unspecified atom stereocenters. The zero-order valence-electron chi connectivity index (χ0n) is 17.8. The van der Waals surface area contributed by atoms with Gasteiger partial charge in [-0.05, 0) is 62.9 Å². The Kier molecular flexibility index (Phi) is 6.84. The van der Waals surface area contributed by atoms with Crippen LogP contribution in [0.15, 0.2) is 24.4 Å². The van der Waals surface area contributed by atoms with E-state index in [1.165, 1.54) is 0 Å². The number of hydrogen-bond donors (Lipinski definition) is 3. The predicted molar refractivity (Wildman–Crippen MR) is 124 cm³/mol. The molecule has 7 nitrogen and oxygen atoms in total. The molecule has 166 valence electrons. The van der Waals surface area contributed by atoms with Crippen LogP contribution in [0.5, 0.6) is 0 Å². The molecule has 2 aromatic rings. The van der Waals surface area contributed by atoms with Crippen molar-refractivity contribution in [3.63, 3.8) is 0 Å². The normalized spacial score (nSPS) is 19.3. The van der Waals surface area contributed by atoms with Crippen molar-refractivity contribution in [2.45, 2.75) is 57.8 Å². The number of anilines is 1. The van der Waals surface area contributed by atoms with Gasteiger partial charge in [-0.2, -0.15) is 0 Å². The number of carbonyl (C=O) groups excluding carboxylic acids is 1. The highest BCUT2D eigenvalue weighted by Gasteiger charge is 2.30. The average molecular weight is 463 g/mol. The smallest absolute Gasteiger partial charge is 0.318 e. The number of nitrogens with one attached hydrogen (secondary N) is 3. The third-order valence-corrected chi connectivity index (χ3v) is 6.47. The van der Waals surface area contributed by atoms with Gasteiger partial charge in [0.2, 0.25) is 5.95 Å². The van der Waals surface area contributed by atoms with Crippen LogP contribution in [0.4, 0.5) is 10.7 Å². The Balaban J connectivity index is 1.50. The molecule has 1 fully saturated rings. The van der Waals surface area contributed by atoms with Crippen molar-refractivity contribution in [3.05, 3.63) is 51.3 Å². The van der Waals surface area contributed by atoms with Crippen LogP contribution in [0.2, 0.25) is 10.0 Å². The second kappa shape index (κ2) is 9.59. The van der Waals surface area contributed by atoms with Crippen LogP contribution in [-0.2, 0) is 13.0 Å². The van der Waals surface area contributed by atoms with E-state index >= 15 is 0 Å². The van der Waals surface area contributed by atoms with Gasteiger partial charge in [0.05, 0.1) is 28.3 Å². The van der Waals surface area contributed by atoms with Gasteiger partial charge in [0, 0.05) is 24.8 Å². The predicted octanol–water partition coefficient (Wildman–Crippen LogP) is 4.16. The lowest BCUT2D eigenvalue weighted by atomic mass is 9.98. The van der Waals surface area contributed by atoms with Crippen molar-refractivity contribution in [2.75, 3.05) is 18.4 Å². The Morgan fingerprint density at radius 1 is 1.29 bits per heavy atom.